The lowest BCUT2D eigenvalue weighted by atomic mass is 9.99. The minimum absolute atomic E-state index is 0.177. The van der Waals surface area contributed by atoms with Crippen molar-refractivity contribution in [3.63, 3.8) is 0 Å². The third-order valence-corrected chi connectivity index (χ3v) is 3.90. The number of aromatic nitrogens is 1. The fourth-order valence-corrected chi connectivity index (χ4v) is 2.95. The Bertz CT molecular complexity index is 411. The number of likely N-dealkylation sites (tertiary alicyclic amines) is 1. The summed E-state index contributed by atoms with van der Waals surface area (Å²) in [5.41, 5.74) is 6.50. The summed E-state index contributed by atoms with van der Waals surface area (Å²) in [6.45, 7) is 4.57. The van der Waals surface area contributed by atoms with Gasteiger partial charge in [0.2, 0.25) is 0 Å². The molecule has 0 aromatic carbocycles. The van der Waals surface area contributed by atoms with Gasteiger partial charge >= 0.3 is 0 Å². The number of amides is 1. The summed E-state index contributed by atoms with van der Waals surface area (Å²) in [5.74, 6) is 0.177. The maximum Gasteiger partial charge on any atom is 0.270 e. The molecule has 0 aliphatic carbocycles. The zero-order valence-electron chi connectivity index (χ0n) is 11.8. The molecular formula is C15H25N3O. The summed E-state index contributed by atoms with van der Waals surface area (Å²) in [6.07, 6.45) is 7.38. The largest absolute Gasteiger partial charge is 0.344 e. The Balaban J connectivity index is 2.14. The van der Waals surface area contributed by atoms with E-state index < -0.39 is 0 Å². The molecule has 1 saturated heterocycles. The average molecular weight is 263 g/mol. The van der Waals surface area contributed by atoms with E-state index in [1.165, 1.54) is 6.42 Å². The molecule has 19 heavy (non-hydrogen) atoms. The summed E-state index contributed by atoms with van der Waals surface area (Å²) in [4.78, 5) is 14.7. The normalized spacial score (nSPS) is 19.7. The van der Waals surface area contributed by atoms with E-state index in [4.69, 9.17) is 5.73 Å². The van der Waals surface area contributed by atoms with Crippen LogP contribution in [0.25, 0.3) is 0 Å². The lowest BCUT2D eigenvalue weighted by molar-refractivity contribution is 0.0593. The molecule has 1 atom stereocenters. The standard InChI is InChI=1S/C15H25N3O/c1-2-10-17-11-5-7-14(17)15(19)18-12-4-3-6-13(18)8-9-16/h5,7,11,13H,2-4,6,8-10,12,16H2,1H3. The maximum absolute atomic E-state index is 12.7. The van der Waals surface area contributed by atoms with Gasteiger partial charge < -0.3 is 15.2 Å². The molecule has 0 radical (unpaired) electrons. The summed E-state index contributed by atoms with van der Waals surface area (Å²) in [6, 6.07) is 4.23. The third-order valence-electron chi connectivity index (χ3n) is 3.90. The molecule has 2 heterocycles. The number of hydrogen-bond acceptors (Lipinski definition) is 2. The second kappa shape index (κ2) is 6.75. The minimum atomic E-state index is 0.177. The number of aryl methyl sites for hydroxylation is 1. The molecule has 2 N–H and O–H groups in total. The molecule has 4 nitrogen and oxygen atoms in total. The number of nitrogens with zero attached hydrogens (tertiary/aromatic N) is 2. The molecule has 0 bridgehead atoms. The number of carbonyl (C=O) groups is 1. The smallest absolute Gasteiger partial charge is 0.270 e. The lowest BCUT2D eigenvalue weighted by Crippen LogP contribution is -2.45. The van der Waals surface area contributed by atoms with Crippen molar-refractivity contribution in [1.29, 1.82) is 0 Å². The average Bonchev–Trinajstić information content (AvgIpc) is 2.88. The van der Waals surface area contributed by atoms with Gasteiger partial charge in [-0.1, -0.05) is 6.92 Å². The van der Waals surface area contributed by atoms with Crippen LogP contribution in [0.3, 0.4) is 0 Å². The second-order valence-corrected chi connectivity index (χ2v) is 5.31. The van der Waals surface area contributed by atoms with Crippen LogP contribution >= 0.6 is 0 Å². The fourth-order valence-electron chi connectivity index (χ4n) is 2.95. The van der Waals surface area contributed by atoms with Crippen molar-refractivity contribution in [2.45, 2.75) is 51.6 Å². The summed E-state index contributed by atoms with van der Waals surface area (Å²) >= 11 is 0. The molecule has 0 spiro atoms. The zero-order chi connectivity index (χ0) is 13.7. The van der Waals surface area contributed by atoms with Crippen LogP contribution in [0.2, 0.25) is 0 Å². The molecule has 1 aliphatic heterocycles. The first-order chi connectivity index (χ1) is 9.27. The number of piperidine rings is 1. The van der Waals surface area contributed by atoms with E-state index in [2.05, 4.69) is 11.5 Å². The van der Waals surface area contributed by atoms with Gasteiger partial charge in [-0.25, -0.2) is 0 Å². The van der Waals surface area contributed by atoms with Crippen molar-refractivity contribution in [1.82, 2.24) is 9.47 Å². The van der Waals surface area contributed by atoms with Crippen LogP contribution in [0.15, 0.2) is 18.3 Å². The Labute approximate surface area is 115 Å². The molecule has 0 saturated carbocycles. The third kappa shape index (κ3) is 3.18. The maximum atomic E-state index is 12.7. The van der Waals surface area contributed by atoms with Crippen LogP contribution in [0, 0.1) is 0 Å². The monoisotopic (exact) mass is 263 g/mol. The van der Waals surface area contributed by atoms with Crippen molar-refractivity contribution in [3.05, 3.63) is 24.0 Å². The number of hydrogen-bond donors (Lipinski definition) is 1. The zero-order valence-corrected chi connectivity index (χ0v) is 11.8. The van der Waals surface area contributed by atoms with Gasteiger partial charge in [0.05, 0.1) is 0 Å². The Kier molecular flexibility index (Phi) is 5.02. The summed E-state index contributed by atoms with van der Waals surface area (Å²) in [7, 11) is 0. The van der Waals surface area contributed by atoms with Gasteiger partial charge in [-0.05, 0) is 50.8 Å². The van der Waals surface area contributed by atoms with E-state index in [0.29, 0.717) is 12.6 Å². The first-order valence-corrected chi connectivity index (χ1v) is 7.44. The first-order valence-electron chi connectivity index (χ1n) is 7.44. The van der Waals surface area contributed by atoms with Crippen LogP contribution in [0.4, 0.5) is 0 Å². The van der Waals surface area contributed by atoms with Crippen LogP contribution in [-0.4, -0.2) is 34.5 Å². The van der Waals surface area contributed by atoms with E-state index in [1.54, 1.807) is 0 Å². The van der Waals surface area contributed by atoms with E-state index in [-0.39, 0.29) is 5.91 Å². The molecule has 1 unspecified atom stereocenters. The fraction of sp³-hybridized carbons (Fsp3) is 0.667. The highest BCUT2D eigenvalue weighted by atomic mass is 16.2. The van der Waals surface area contributed by atoms with E-state index in [1.807, 2.05) is 23.2 Å². The van der Waals surface area contributed by atoms with Crippen molar-refractivity contribution in [2.24, 2.45) is 5.73 Å². The molecule has 1 fully saturated rings. The van der Waals surface area contributed by atoms with Crippen LogP contribution in [0.1, 0.15) is 49.5 Å². The van der Waals surface area contributed by atoms with Crippen molar-refractivity contribution in [2.75, 3.05) is 13.1 Å². The quantitative estimate of drug-likeness (QED) is 0.885. The molecule has 1 aromatic rings. The predicted molar refractivity (Wildman–Crippen MR) is 77.1 cm³/mol. The molecule has 1 aromatic heterocycles. The minimum Gasteiger partial charge on any atom is -0.344 e. The van der Waals surface area contributed by atoms with Crippen molar-refractivity contribution >= 4 is 5.91 Å². The highest BCUT2D eigenvalue weighted by Crippen LogP contribution is 2.22. The summed E-state index contributed by atoms with van der Waals surface area (Å²) < 4.78 is 2.07. The van der Waals surface area contributed by atoms with E-state index in [0.717, 1.165) is 44.5 Å². The van der Waals surface area contributed by atoms with Gasteiger partial charge in [0.15, 0.2) is 0 Å². The van der Waals surface area contributed by atoms with Gasteiger partial charge in [0, 0.05) is 25.3 Å². The van der Waals surface area contributed by atoms with Gasteiger partial charge in [-0.3, -0.25) is 4.79 Å². The van der Waals surface area contributed by atoms with Crippen LogP contribution < -0.4 is 5.73 Å². The van der Waals surface area contributed by atoms with Gasteiger partial charge in [0.1, 0.15) is 5.69 Å². The van der Waals surface area contributed by atoms with Crippen molar-refractivity contribution < 1.29 is 4.79 Å². The number of carbonyl (C=O) groups excluding carboxylic acids is 1. The summed E-state index contributed by atoms with van der Waals surface area (Å²) in [5, 5.41) is 0. The highest BCUT2D eigenvalue weighted by Gasteiger charge is 2.28. The Morgan fingerprint density at radius 2 is 2.32 bits per heavy atom. The topological polar surface area (TPSA) is 51.3 Å². The molecule has 2 rings (SSSR count). The Morgan fingerprint density at radius 3 is 3.05 bits per heavy atom. The first kappa shape index (κ1) is 14.1. The highest BCUT2D eigenvalue weighted by molar-refractivity contribution is 5.93. The van der Waals surface area contributed by atoms with Crippen LogP contribution in [-0.2, 0) is 6.54 Å². The molecule has 4 heteroatoms. The number of nitrogens with two attached hydrogens (primary N) is 1. The Morgan fingerprint density at radius 1 is 1.47 bits per heavy atom. The van der Waals surface area contributed by atoms with Crippen molar-refractivity contribution in [3.8, 4) is 0 Å². The molecule has 1 aliphatic rings. The molecular weight excluding hydrogens is 238 g/mol. The second-order valence-electron chi connectivity index (χ2n) is 5.31. The Hall–Kier alpha value is -1.29. The van der Waals surface area contributed by atoms with Gasteiger partial charge in [-0.2, -0.15) is 0 Å². The van der Waals surface area contributed by atoms with Gasteiger partial charge in [-0.15, -0.1) is 0 Å². The predicted octanol–water partition coefficient (Wildman–Crippen LogP) is 2.24. The van der Waals surface area contributed by atoms with E-state index >= 15 is 0 Å². The van der Waals surface area contributed by atoms with E-state index in [9.17, 15) is 4.79 Å². The van der Waals surface area contributed by atoms with Crippen LogP contribution in [0.5, 0.6) is 0 Å². The lowest BCUT2D eigenvalue weighted by Gasteiger charge is -2.35. The SMILES string of the molecule is CCCn1cccc1C(=O)N1CCCCC1CCN. The molecule has 106 valence electrons. The number of rotatable bonds is 5. The van der Waals surface area contributed by atoms with Gasteiger partial charge in [0.25, 0.3) is 5.91 Å². The molecule has 1 amide bonds.